The van der Waals surface area contributed by atoms with Crippen molar-refractivity contribution in [2.24, 2.45) is 0 Å². The highest BCUT2D eigenvalue weighted by molar-refractivity contribution is 8.00. The summed E-state index contributed by atoms with van der Waals surface area (Å²) >= 11 is 5.86. The molecule has 1 N–H and O–H groups in total. The van der Waals surface area contributed by atoms with Crippen molar-refractivity contribution in [3.8, 4) is 5.75 Å². The summed E-state index contributed by atoms with van der Waals surface area (Å²) in [5, 5.41) is 3.92. The molecule has 0 saturated heterocycles. The number of thioether (sulfide) groups is 1. The molecule has 1 aromatic carbocycles. The Labute approximate surface area is 125 Å². The van der Waals surface area contributed by atoms with Crippen LogP contribution in [0.5, 0.6) is 5.75 Å². The second-order valence-corrected chi connectivity index (χ2v) is 6.15. The van der Waals surface area contributed by atoms with Crippen LogP contribution >= 0.6 is 23.4 Å². The molecule has 1 aliphatic carbocycles. The van der Waals surface area contributed by atoms with Crippen molar-refractivity contribution in [1.82, 2.24) is 5.32 Å². The minimum Gasteiger partial charge on any atom is -0.492 e. The maximum absolute atomic E-state index is 12.0. The number of halogens is 4. The van der Waals surface area contributed by atoms with Crippen LogP contribution < -0.4 is 10.1 Å². The van der Waals surface area contributed by atoms with E-state index < -0.39 is 5.51 Å². The van der Waals surface area contributed by atoms with E-state index in [2.05, 4.69) is 5.32 Å². The normalized spacial score (nSPS) is 15.4. The van der Waals surface area contributed by atoms with Crippen molar-refractivity contribution in [2.45, 2.75) is 30.9 Å². The molecular weight excluding hydrogens is 311 g/mol. The molecule has 1 fully saturated rings. The van der Waals surface area contributed by atoms with Crippen molar-refractivity contribution < 1.29 is 17.9 Å². The summed E-state index contributed by atoms with van der Waals surface area (Å²) in [6, 6.07) is 5.70. The molecule has 1 aromatic rings. The van der Waals surface area contributed by atoms with Gasteiger partial charge in [0, 0.05) is 28.9 Å². The van der Waals surface area contributed by atoms with Crippen LogP contribution in [0.3, 0.4) is 0 Å². The first-order valence-corrected chi connectivity index (χ1v) is 7.66. The standard InChI is InChI=1S/C13H15ClF3NOS/c14-10-1-4-12(19-5-6-20-13(15,16)17)9(7-10)8-18-11-2-3-11/h1,4,7,11,18H,2-3,5-6,8H2. The average molecular weight is 326 g/mol. The van der Waals surface area contributed by atoms with Gasteiger partial charge in [0.2, 0.25) is 0 Å². The molecule has 7 heteroatoms. The molecule has 0 aromatic heterocycles. The average Bonchev–Trinajstić information content (AvgIpc) is 3.16. The van der Waals surface area contributed by atoms with Crippen molar-refractivity contribution in [3.63, 3.8) is 0 Å². The van der Waals surface area contributed by atoms with E-state index in [0.29, 0.717) is 23.4 Å². The number of alkyl halides is 3. The van der Waals surface area contributed by atoms with Crippen LogP contribution in [-0.4, -0.2) is 23.9 Å². The third kappa shape index (κ3) is 5.81. The van der Waals surface area contributed by atoms with Gasteiger partial charge in [-0.15, -0.1) is 0 Å². The molecule has 0 spiro atoms. The van der Waals surface area contributed by atoms with E-state index in [0.717, 1.165) is 5.56 Å². The minimum absolute atomic E-state index is 0.0161. The predicted octanol–water partition coefficient (Wildman–Crippen LogP) is 4.22. The SMILES string of the molecule is FC(F)(F)SCCOc1ccc(Cl)cc1CNC1CC1. The van der Waals surface area contributed by atoms with E-state index in [1.807, 2.05) is 0 Å². The zero-order chi connectivity index (χ0) is 14.6. The molecule has 1 aliphatic rings. The van der Waals surface area contributed by atoms with Crippen LogP contribution in [0.1, 0.15) is 18.4 Å². The molecule has 0 heterocycles. The monoisotopic (exact) mass is 325 g/mol. The molecule has 0 unspecified atom stereocenters. The molecule has 20 heavy (non-hydrogen) atoms. The van der Waals surface area contributed by atoms with Crippen molar-refractivity contribution in [3.05, 3.63) is 28.8 Å². The van der Waals surface area contributed by atoms with Crippen LogP contribution in [0.15, 0.2) is 18.2 Å². The predicted molar refractivity (Wildman–Crippen MR) is 75.3 cm³/mol. The lowest BCUT2D eigenvalue weighted by Gasteiger charge is -2.13. The Morgan fingerprint density at radius 3 is 2.75 bits per heavy atom. The topological polar surface area (TPSA) is 21.3 Å². The maximum Gasteiger partial charge on any atom is 0.441 e. The quantitative estimate of drug-likeness (QED) is 0.758. The van der Waals surface area contributed by atoms with Crippen LogP contribution in [-0.2, 0) is 6.54 Å². The molecular formula is C13H15ClF3NOS. The summed E-state index contributed by atoms with van der Waals surface area (Å²) in [6.45, 7) is 0.634. The highest BCUT2D eigenvalue weighted by Gasteiger charge is 2.27. The summed E-state index contributed by atoms with van der Waals surface area (Å²) in [4.78, 5) is 0. The summed E-state index contributed by atoms with van der Waals surface area (Å²) in [5.74, 6) is 0.465. The summed E-state index contributed by atoms with van der Waals surface area (Å²) in [6.07, 6.45) is 2.33. The fourth-order valence-corrected chi connectivity index (χ4v) is 2.27. The Kier molecular flexibility index (Phi) is 5.46. The first-order chi connectivity index (χ1) is 9.44. The van der Waals surface area contributed by atoms with E-state index >= 15 is 0 Å². The van der Waals surface area contributed by atoms with Crippen molar-refractivity contribution >= 4 is 23.4 Å². The summed E-state index contributed by atoms with van der Waals surface area (Å²) in [7, 11) is 0. The van der Waals surface area contributed by atoms with E-state index in [-0.39, 0.29) is 24.1 Å². The van der Waals surface area contributed by atoms with Gasteiger partial charge in [0.1, 0.15) is 5.75 Å². The Morgan fingerprint density at radius 1 is 1.35 bits per heavy atom. The number of nitrogens with one attached hydrogen (secondary N) is 1. The highest BCUT2D eigenvalue weighted by Crippen LogP contribution is 2.30. The maximum atomic E-state index is 12.0. The van der Waals surface area contributed by atoms with E-state index in [1.54, 1.807) is 18.2 Å². The smallest absolute Gasteiger partial charge is 0.441 e. The fourth-order valence-electron chi connectivity index (χ4n) is 1.68. The molecule has 0 radical (unpaired) electrons. The van der Waals surface area contributed by atoms with Crippen LogP contribution in [0, 0.1) is 0 Å². The van der Waals surface area contributed by atoms with Gasteiger partial charge in [-0.1, -0.05) is 11.6 Å². The van der Waals surface area contributed by atoms with Gasteiger partial charge >= 0.3 is 5.51 Å². The lowest BCUT2D eigenvalue weighted by Crippen LogP contribution is -2.16. The third-order valence-corrected chi connectivity index (χ3v) is 3.72. The van der Waals surface area contributed by atoms with Gasteiger partial charge in [-0.2, -0.15) is 13.2 Å². The number of hydrogen-bond acceptors (Lipinski definition) is 3. The molecule has 2 rings (SSSR count). The van der Waals surface area contributed by atoms with Crippen molar-refractivity contribution in [2.75, 3.05) is 12.4 Å². The Hall–Kier alpha value is -0.590. The molecule has 2 nitrogen and oxygen atoms in total. The third-order valence-electron chi connectivity index (χ3n) is 2.79. The fraction of sp³-hybridized carbons (Fsp3) is 0.538. The van der Waals surface area contributed by atoms with Gasteiger partial charge in [0.25, 0.3) is 0 Å². The zero-order valence-electron chi connectivity index (χ0n) is 10.7. The van der Waals surface area contributed by atoms with Crippen LogP contribution in [0.2, 0.25) is 5.02 Å². The van der Waals surface area contributed by atoms with Gasteiger partial charge in [0.05, 0.1) is 6.61 Å². The summed E-state index contributed by atoms with van der Waals surface area (Å²) in [5.41, 5.74) is -3.33. The van der Waals surface area contributed by atoms with E-state index in [1.165, 1.54) is 12.8 Å². The number of hydrogen-bond donors (Lipinski definition) is 1. The number of rotatable bonds is 7. The largest absolute Gasteiger partial charge is 0.492 e. The lowest BCUT2D eigenvalue weighted by molar-refractivity contribution is -0.0329. The van der Waals surface area contributed by atoms with Crippen molar-refractivity contribution in [1.29, 1.82) is 0 Å². The zero-order valence-corrected chi connectivity index (χ0v) is 12.2. The Bertz CT molecular complexity index is 452. The number of ether oxygens (including phenoxy) is 1. The highest BCUT2D eigenvalue weighted by atomic mass is 35.5. The second kappa shape index (κ2) is 6.91. The van der Waals surface area contributed by atoms with Crippen LogP contribution in [0.4, 0.5) is 13.2 Å². The molecule has 0 amide bonds. The summed E-state index contributed by atoms with van der Waals surface area (Å²) < 4.78 is 41.5. The van der Waals surface area contributed by atoms with E-state index in [9.17, 15) is 13.2 Å². The van der Waals surface area contributed by atoms with Gasteiger partial charge in [0.15, 0.2) is 0 Å². The molecule has 0 atom stereocenters. The molecule has 112 valence electrons. The van der Waals surface area contributed by atoms with Gasteiger partial charge in [-0.3, -0.25) is 0 Å². The first kappa shape index (κ1) is 15.8. The molecule has 0 bridgehead atoms. The first-order valence-electron chi connectivity index (χ1n) is 6.29. The minimum atomic E-state index is -4.21. The Balaban J connectivity index is 1.85. The second-order valence-electron chi connectivity index (χ2n) is 4.55. The number of benzene rings is 1. The van der Waals surface area contributed by atoms with Gasteiger partial charge in [-0.05, 0) is 42.8 Å². The Morgan fingerprint density at radius 2 is 2.10 bits per heavy atom. The molecule has 1 saturated carbocycles. The van der Waals surface area contributed by atoms with Gasteiger partial charge in [-0.25, -0.2) is 0 Å². The van der Waals surface area contributed by atoms with Gasteiger partial charge < -0.3 is 10.1 Å². The van der Waals surface area contributed by atoms with Crippen LogP contribution in [0.25, 0.3) is 0 Å². The molecule has 0 aliphatic heterocycles. The van der Waals surface area contributed by atoms with E-state index in [4.69, 9.17) is 16.3 Å². The lowest BCUT2D eigenvalue weighted by atomic mass is 10.2.